The van der Waals surface area contributed by atoms with Gasteiger partial charge in [0.05, 0.1) is 12.7 Å². The number of hydrogen-bond donors (Lipinski definition) is 1. The van der Waals surface area contributed by atoms with Gasteiger partial charge in [0.2, 0.25) is 0 Å². The van der Waals surface area contributed by atoms with E-state index < -0.39 is 0 Å². The van der Waals surface area contributed by atoms with E-state index in [1.54, 1.807) is 25.7 Å². The van der Waals surface area contributed by atoms with Crippen molar-refractivity contribution in [2.24, 2.45) is 7.05 Å². The number of carbonyl (C=O) groups is 1. The molecular weight excluding hydrogens is 354 g/mol. The van der Waals surface area contributed by atoms with E-state index in [1.165, 1.54) is 0 Å². The van der Waals surface area contributed by atoms with Gasteiger partial charge in [0.15, 0.2) is 0 Å². The average Bonchev–Trinajstić information content (AvgIpc) is 3.19. The first-order valence-corrected chi connectivity index (χ1v) is 9.26. The van der Waals surface area contributed by atoms with Crippen molar-refractivity contribution in [2.75, 3.05) is 26.7 Å². The Hall–Kier alpha value is -3.19. The summed E-state index contributed by atoms with van der Waals surface area (Å²) in [6.45, 7) is 2.07. The van der Waals surface area contributed by atoms with Gasteiger partial charge in [-0.05, 0) is 23.8 Å². The number of pyridine rings is 1. The summed E-state index contributed by atoms with van der Waals surface area (Å²) < 4.78 is 7.18. The summed E-state index contributed by atoms with van der Waals surface area (Å²) >= 11 is 0. The van der Waals surface area contributed by atoms with Gasteiger partial charge in [-0.25, -0.2) is 4.98 Å². The molecule has 0 spiro atoms. The molecule has 1 aliphatic rings. The molecule has 1 atom stereocenters. The Kier molecular flexibility index (Phi) is 5.08. The van der Waals surface area contributed by atoms with Crippen molar-refractivity contribution in [1.29, 1.82) is 0 Å². The van der Waals surface area contributed by atoms with Crippen LogP contribution in [-0.2, 0) is 7.05 Å². The van der Waals surface area contributed by atoms with Gasteiger partial charge in [-0.15, -0.1) is 0 Å². The predicted molar refractivity (Wildman–Crippen MR) is 106 cm³/mol. The molecule has 144 valence electrons. The lowest BCUT2D eigenvalue weighted by molar-refractivity contribution is 0.0620. The fourth-order valence-corrected chi connectivity index (χ4v) is 3.54. The molecule has 0 bridgehead atoms. The highest BCUT2D eigenvalue weighted by Crippen LogP contribution is 2.26. The van der Waals surface area contributed by atoms with E-state index in [4.69, 9.17) is 4.74 Å². The van der Waals surface area contributed by atoms with Gasteiger partial charge in [-0.2, -0.15) is 0 Å². The highest BCUT2D eigenvalue weighted by atomic mass is 16.5. The van der Waals surface area contributed by atoms with Crippen LogP contribution >= 0.6 is 0 Å². The molecule has 1 aliphatic heterocycles. The zero-order valence-corrected chi connectivity index (χ0v) is 16.0. The molecule has 3 aromatic rings. The summed E-state index contributed by atoms with van der Waals surface area (Å²) in [7, 11) is 3.59. The number of aromatic nitrogens is 3. The Morgan fingerprint density at radius 3 is 2.75 bits per heavy atom. The lowest BCUT2D eigenvalue weighted by atomic mass is 10.0. The number of nitrogens with zero attached hydrogens (tertiary/aromatic N) is 4. The Morgan fingerprint density at radius 1 is 1.21 bits per heavy atom. The fourth-order valence-electron chi connectivity index (χ4n) is 3.54. The van der Waals surface area contributed by atoms with Crippen molar-refractivity contribution >= 4 is 5.91 Å². The van der Waals surface area contributed by atoms with Crippen LogP contribution in [0.25, 0.3) is 11.1 Å². The van der Waals surface area contributed by atoms with Gasteiger partial charge < -0.3 is 19.5 Å². The van der Waals surface area contributed by atoms with Crippen LogP contribution in [0.15, 0.2) is 55.1 Å². The molecule has 7 nitrogen and oxygen atoms in total. The first kappa shape index (κ1) is 18.2. The van der Waals surface area contributed by atoms with Crippen LogP contribution < -0.4 is 10.1 Å². The topological polar surface area (TPSA) is 72.3 Å². The number of aryl methyl sites for hydroxylation is 1. The van der Waals surface area contributed by atoms with Crippen LogP contribution in [0.4, 0.5) is 0 Å². The smallest absolute Gasteiger partial charge is 0.256 e. The molecule has 0 aliphatic carbocycles. The minimum Gasteiger partial charge on any atom is -0.497 e. The molecule has 4 rings (SSSR count). The van der Waals surface area contributed by atoms with E-state index >= 15 is 0 Å². The first-order chi connectivity index (χ1) is 13.7. The standard InChI is InChI=1S/C21H23N5O2/c1-25-9-8-24-20(25)19-14-22-7-10-26(19)21(27)17-11-16(12-23-13-17)15-3-5-18(28-2)6-4-15/h3-6,8-9,11-13,19,22H,7,10,14H2,1-2H3. The summed E-state index contributed by atoms with van der Waals surface area (Å²) in [6.07, 6.45) is 7.07. The summed E-state index contributed by atoms with van der Waals surface area (Å²) in [5.74, 6) is 1.64. The maximum atomic E-state index is 13.3. The number of carbonyl (C=O) groups excluding carboxylic acids is 1. The molecule has 7 heteroatoms. The zero-order chi connectivity index (χ0) is 19.5. The lowest BCUT2D eigenvalue weighted by Crippen LogP contribution is -2.49. The van der Waals surface area contributed by atoms with E-state index in [0.717, 1.165) is 29.2 Å². The van der Waals surface area contributed by atoms with E-state index in [0.29, 0.717) is 18.7 Å². The van der Waals surface area contributed by atoms with E-state index in [-0.39, 0.29) is 11.9 Å². The lowest BCUT2D eigenvalue weighted by Gasteiger charge is -2.35. The number of rotatable bonds is 4. The normalized spacial score (nSPS) is 16.8. The van der Waals surface area contributed by atoms with Crippen LogP contribution in [0, 0.1) is 0 Å². The number of piperazine rings is 1. The van der Waals surface area contributed by atoms with Gasteiger partial charge >= 0.3 is 0 Å². The largest absolute Gasteiger partial charge is 0.497 e. The van der Waals surface area contributed by atoms with Gasteiger partial charge in [0.25, 0.3) is 5.91 Å². The second-order valence-corrected chi connectivity index (χ2v) is 6.81. The van der Waals surface area contributed by atoms with Crippen LogP contribution in [0.1, 0.15) is 22.2 Å². The third-order valence-corrected chi connectivity index (χ3v) is 5.07. The maximum absolute atomic E-state index is 13.3. The molecular formula is C21H23N5O2. The maximum Gasteiger partial charge on any atom is 0.256 e. The van der Waals surface area contributed by atoms with E-state index in [2.05, 4.69) is 15.3 Å². The molecule has 1 aromatic carbocycles. The number of benzene rings is 1. The number of nitrogens with one attached hydrogen (secondary N) is 1. The van der Waals surface area contributed by atoms with Crippen LogP contribution in [0.5, 0.6) is 5.75 Å². The molecule has 1 fully saturated rings. The Balaban J connectivity index is 1.62. The summed E-state index contributed by atoms with van der Waals surface area (Å²) in [5.41, 5.74) is 2.47. The molecule has 1 N–H and O–H groups in total. The molecule has 0 radical (unpaired) electrons. The second-order valence-electron chi connectivity index (χ2n) is 6.81. The summed E-state index contributed by atoms with van der Waals surface area (Å²) in [5, 5.41) is 3.36. The van der Waals surface area contributed by atoms with Crippen molar-refractivity contribution < 1.29 is 9.53 Å². The van der Waals surface area contributed by atoms with Crippen molar-refractivity contribution in [2.45, 2.75) is 6.04 Å². The Labute approximate surface area is 164 Å². The average molecular weight is 377 g/mol. The molecule has 0 saturated carbocycles. The minimum atomic E-state index is -0.106. The highest BCUT2D eigenvalue weighted by Gasteiger charge is 2.31. The third-order valence-electron chi connectivity index (χ3n) is 5.07. The Bertz CT molecular complexity index is 967. The van der Waals surface area contributed by atoms with E-state index in [1.807, 2.05) is 53.0 Å². The van der Waals surface area contributed by atoms with E-state index in [9.17, 15) is 4.79 Å². The minimum absolute atomic E-state index is 0.0302. The molecule has 1 amide bonds. The van der Waals surface area contributed by atoms with Crippen molar-refractivity contribution in [3.63, 3.8) is 0 Å². The predicted octanol–water partition coefficient (Wildman–Crippen LogP) is 2.28. The summed E-state index contributed by atoms with van der Waals surface area (Å²) in [6, 6.07) is 9.52. The zero-order valence-electron chi connectivity index (χ0n) is 16.0. The van der Waals surface area contributed by atoms with Crippen molar-refractivity contribution in [3.05, 3.63) is 66.5 Å². The van der Waals surface area contributed by atoms with Crippen LogP contribution in [-0.4, -0.2) is 52.1 Å². The monoisotopic (exact) mass is 377 g/mol. The molecule has 1 unspecified atom stereocenters. The second kappa shape index (κ2) is 7.82. The first-order valence-electron chi connectivity index (χ1n) is 9.26. The van der Waals surface area contributed by atoms with Gasteiger partial charge in [-0.3, -0.25) is 9.78 Å². The number of amides is 1. The van der Waals surface area contributed by atoms with Crippen LogP contribution in [0.2, 0.25) is 0 Å². The highest BCUT2D eigenvalue weighted by molar-refractivity contribution is 5.95. The molecule has 2 aromatic heterocycles. The third kappa shape index (κ3) is 3.48. The van der Waals surface area contributed by atoms with Crippen molar-refractivity contribution in [3.8, 4) is 16.9 Å². The molecule has 3 heterocycles. The van der Waals surface area contributed by atoms with Crippen LogP contribution in [0.3, 0.4) is 0 Å². The summed E-state index contributed by atoms with van der Waals surface area (Å²) in [4.78, 5) is 23.9. The van der Waals surface area contributed by atoms with Gasteiger partial charge in [0, 0.05) is 57.0 Å². The van der Waals surface area contributed by atoms with Gasteiger partial charge in [-0.1, -0.05) is 12.1 Å². The number of hydrogen-bond acceptors (Lipinski definition) is 5. The number of methoxy groups -OCH3 is 1. The van der Waals surface area contributed by atoms with Gasteiger partial charge in [0.1, 0.15) is 17.6 Å². The molecule has 1 saturated heterocycles. The number of ether oxygens (including phenoxy) is 1. The number of imidazole rings is 1. The Morgan fingerprint density at radius 2 is 2.04 bits per heavy atom. The quantitative estimate of drug-likeness (QED) is 0.755. The fraction of sp³-hybridized carbons (Fsp3) is 0.286. The molecule has 28 heavy (non-hydrogen) atoms. The van der Waals surface area contributed by atoms with Crippen molar-refractivity contribution in [1.82, 2.24) is 24.8 Å². The SMILES string of the molecule is COc1ccc(-c2cncc(C(=O)N3CCNCC3c3nccn3C)c2)cc1.